The van der Waals surface area contributed by atoms with Gasteiger partial charge in [-0.1, -0.05) is 153 Å². The van der Waals surface area contributed by atoms with Crippen LogP contribution in [0.2, 0.25) is 0 Å². The quantitative estimate of drug-likeness (QED) is 0.186. The van der Waals surface area contributed by atoms with Crippen LogP contribution in [0.1, 0.15) is 25.0 Å². The molecule has 250 valence electrons. The summed E-state index contributed by atoms with van der Waals surface area (Å²) in [6, 6.07) is 57.8. The van der Waals surface area contributed by atoms with E-state index in [1.165, 1.54) is 38.5 Å². The third kappa shape index (κ3) is 4.30. The molecule has 0 spiro atoms. The minimum Gasteiger partial charge on any atom is -0.453 e. The molecule has 0 atom stereocenters. The van der Waals surface area contributed by atoms with Crippen LogP contribution in [0.4, 0.5) is 0 Å². The molecule has 10 aromatic rings. The summed E-state index contributed by atoms with van der Waals surface area (Å²) >= 11 is 0. The van der Waals surface area contributed by atoms with Crippen molar-refractivity contribution >= 4 is 43.7 Å². The van der Waals surface area contributed by atoms with Crippen LogP contribution in [0.25, 0.3) is 94.5 Å². The number of hydrogen-bond donors (Lipinski definition) is 0. The molecule has 0 fully saturated rings. The van der Waals surface area contributed by atoms with Crippen LogP contribution in [0.3, 0.4) is 0 Å². The van der Waals surface area contributed by atoms with E-state index >= 15 is 0 Å². The van der Waals surface area contributed by atoms with Crippen molar-refractivity contribution in [2.75, 3.05) is 0 Å². The number of hydrogen-bond acceptors (Lipinski definition) is 3. The van der Waals surface area contributed by atoms with Crippen molar-refractivity contribution in [3.8, 4) is 50.7 Å². The summed E-state index contributed by atoms with van der Waals surface area (Å²) in [5.74, 6) is 0.679. The largest absolute Gasteiger partial charge is 0.453 e. The minimum absolute atomic E-state index is 0.188. The van der Waals surface area contributed by atoms with E-state index in [2.05, 4.69) is 146 Å². The zero-order chi connectivity index (χ0) is 35.3. The van der Waals surface area contributed by atoms with Crippen molar-refractivity contribution in [1.29, 1.82) is 0 Å². The molecular weight excluding hydrogens is 647 g/mol. The van der Waals surface area contributed by atoms with Gasteiger partial charge in [0, 0.05) is 43.7 Å². The maximum atomic E-state index is 7.13. The lowest BCUT2D eigenvalue weighted by Gasteiger charge is -2.23. The first-order chi connectivity index (χ1) is 26.1. The molecule has 0 bridgehead atoms. The van der Waals surface area contributed by atoms with Crippen molar-refractivity contribution in [2.45, 2.75) is 19.3 Å². The zero-order valence-electron chi connectivity index (χ0n) is 29.3. The smallest absolute Gasteiger partial charge is 0.160 e. The van der Waals surface area contributed by atoms with Crippen molar-refractivity contribution in [3.63, 3.8) is 0 Å². The Morgan fingerprint density at radius 3 is 1.96 bits per heavy atom. The predicted octanol–water partition coefficient (Wildman–Crippen LogP) is 12.8. The third-order valence-electron chi connectivity index (χ3n) is 11.2. The van der Waals surface area contributed by atoms with Gasteiger partial charge in [0.05, 0.1) is 28.1 Å². The zero-order valence-corrected chi connectivity index (χ0v) is 29.3. The first-order valence-electron chi connectivity index (χ1n) is 18.2. The molecule has 0 saturated carbocycles. The number of fused-ring (bicyclic) bond motifs is 10. The Bertz CT molecular complexity index is 3020. The van der Waals surface area contributed by atoms with Gasteiger partial charge < -0.3 is 8.98 Å². The lowest BCUT2D eigenvalue weighted by molar-refractivity contribution is 0.660. The maximum absolute atomic E-state index is 7.13. The first kappa shape index (κ1) is 29.9. The second kappa shape index (κ2) is 11.1. The highest BCUT2D eigenvalue weighted by atomic mass is 16.3. The second-order valence-electron chi connectivity index (χ2n) is 14.5. The fraction of sp³-hybridized carbons (Fsp3) is 0.0612. The van der Waals surface area contributed by atoms with E-state index in [1.54, 1.807) is 0 Å². The molecule has 0 amide bonds. The molecule has 3 heterocycles. The van der Waals surface area contributed by atoms with Gasteiger partial charge >= 0.3 is 0 Å². The molecular formula is C49H33N3O. The Hall–Kier alpha value is -6.78. The summed E-state index contributed by atoms with van der Waals surface area (Å²) in [5, 5.41) is 4.60. The number of para-hydroxylation sites is 3. The van der Waals surface area contributed by atoms with Gasteiger partial charge in [-0.2, -0.15) is 0 Å². The van der Waals surface area contributed by atoms with Crippen molar-refractivity contribution < 1.29 is 4.42 Å². The first-order valence-corrected chi connectivity index (χ1v) is 18.2. The van der Waals surface area contributed by atoms with E-state index in [9.17, 15) is 0 Å². The number of rotatable bonds is 4. The van der Waals surface area contributed by atoms with Gasteiger partial charge in [-0.15, -0.1) is 0 Å². The molecule has 4 nitrogen and oxygen atoms in total. The predicted molar refractivity (Wildman–Crippen MR) is 218 cm³/mol. The molecule has 0 radical (unpaired) electrons. The minimum atomic E-state index is -0.188. The molecule has 0 saturated heterocycles. The number of nitrogens with zero attached hydrogens (tertiary/aromatic N) is 3. The van der Waals surface area contributed by atoms with E-state index in [4.69, 9.17) is 14.4 Å². The molecule has 7 aromatic carbocycles. The van der Waals surface area contributed by atoms with Crippen molar-refractivity contribution in [2.24, 2.45) is 0 Å². The van der Waals surface area contributed by atoms with Crippen LogP contribution in [-0.4, -0.2) is 14.5 Å². The van der Waals surface area contributed by atoms with E-state index in [-0.39, 0.29) is 5.41 Å². The van der Waals surface area contributed by atoms with Gasteiger partial charge in [-0.05, 0) is 46.5 Å². The molecule has 0 N–H and O–H groups in total. The Kier molecular flexibility index (Phi) is 6.27. The average Bonchev–Trinajstić information content (AvgIpc) is 3.84. The van der Waals surface area contributed by atoms with Crippen LogP contribution in [0, 0.1) is 0 Å². The topological polar surface area (TPSA) is 43.9 Å². The molecule has 0 unspecified atom stereocenters. The lowest BCUT2D eigenvalue weighted by atomic mass is 9.81. The number of furan rings is 1. The summed E-state index contributed by atoms with van der Waals surface area (Å²) in [7, 11) is 0. The average molecular weight is 680 g/mol. The monoisotopic (exact) mass is 679 g/mol. The van der Waals surface area contributed by atoms with Gasteiger partial charge in [-0.3, -0.25) is 0 Å². The molecule has 1 aliphatic rings. The summed E-state index contributed by atoms with van der Waals surface area (Å²) in [6.07, 6.45) is 0. The fourth-order valence-electron chi connectivity index (χ4n) is 8.80. The highest BCUT2D eigenvalue weighted by Crippen LogP contribution is 2.53. The Morgan fingerprint density at radius 2 is 1.13 bits per heavy atom. The molecule has 53 heavy (non-hydrogen) atoms. The lowest BCUT2D eigenvalue weighted by Crippen LogP contribution is -2.16. The molecule has 0 aliphatic heterocycles. The highest BCUT2D eigenvalue weighted by Gasteiger charge is 2.38. The normalized spacial score (nSPS) is 13.2. The van der Waals surface area contributed by atoms with Crippen molar-refractivity contribution in [3.05, 3.63) is 175 Å². The summed E-state index contributed by atoms with van der Waals surface area (Å²) < 4.78 is 9.59. The van der Waals surface area contributed by atoms with Crippen LogP contribution in [0.5, 0.6) is 0 Å². The van der Waals surface area contributed by atoms with Gasteiger partial charge in [0.15, 0.2) is 11.4 Å². The highest BCUT2D eigenvalue weighted by molar-refractivity contribution is 6.16. The van der Waals surface area contributed by atoms with Crippen LogP contribution >= 0.6 is 0 Å². The summed E-state index contributed by atoms with van der Waals surface area (Å²) in [6.45, 7) is 4.73. The van der Waals surface area contributed by atoms with E-state index in [0.29, 0.717) is 5.82 Å². The molecule has 1 aliphatic carbocycles. The number of benzene rings is 7. The summed E-state index contributed by atoms with van der Waals surface area (Å²) in [5.41, 5.74) is 14.8. The van der Waals surface area contributed by atoms with Crippen molar-refractivity contribution in [1.82, 2.24) is 14.5 Å². The van der Waals surface area contributed by atoms with Gasteiger partial charge in [0.2, 0.25) is 0 Å². The molecule has 11 rings (SSSR count). The number of aromatic nitrogens is 3. The molecule has 3 aromatic heterocycles. The maximum Gasteiger partial charge on any atom is 0.160 e. The standard InChI is InChI=1S/C49H33N3O/c1-49(2)39-24-11-9-19-32(39)34-27-28-35-33-20-10-12-25-42(33)52(45(35)44(34)49)43-26-14-22-37-36-21-13-23-38(46(36)53-47(37)43)41-29-40(30-15-5-3-6-16-30)50-48(51-41)31-17-7-4-8-18-31/h3-29H,1-2H3. The summed E-state index contributed by atoms with van der Waals surface area (Å²) in [4.78, 5) is 10.2. The Balaban J connectivity index is 1.19. The third-order valence-corrected chi connectivity index (χ3v) is 11.2. The second-order valence-corrected chi connectivity index (χ2v) is 14.5. The van der Waals surface area contributed by atoms with E-state index < -0.39 is 0 Å². The van der Waals surface area contributed by atoms with E-state index in [1.807, 2.05) is 36.4 Å². The van der Waals surface area contributed by atoms with Gasteiger partial charge in [-0.25, -0.2) is 9.97 Å². The van der Waals surface area contributed by atoms with Gasteiger partial charge in [0.1, 0.15) is 5.58 Å². The van der Waals surface area contributed by atoms with Gasteiger partial charge in [0.25, 0.3) is 0 Å². The molecule has 4 heteroatoms. The Labute approximate surface area is 306 Å². The van der Waals surface area contributed by atoms with Crippen LogP contribution < -0.4 is 0 Å². The van der Waals surface area contributed by atoms with Crippen LogP contribution in [0.15, 0.2) is 168 Å². The SMILES string of the molecule is CC1(C)c2ccccc2-c2ccc3c4ccccc4n(-c4cccc5c4oc4c(-c6cc(-c7ccccc7)nc(-c7ccccc7)n6)cccc45)c3c21. The Morgan fingerprint density at radius 1 is 0.491 bits per heavy atom. The van der Waals surface area contributed by atoms with Crippen LogP contribution in [-0.2, 0) is 5.41 Å². The fourth-order valence-corrected chi connectivity index (χ4v) is 8.80. The van der Waals surface area contributed by atoms with E-state index in [0.717, 1.165) is 61.2 Å².